The molecule has 2 aromatic heterocycles. The Morgan fingerprint density at radius 1 is 0.967 bits per heavy atom. The molecule has 0 saturated heterocycles. The van der Waals surface area contributed by atoms with Gasteiger partial charge in [-0.05, 0) is 42.2 Å². The molecule has 154 valence electrons. The smallest absolute Gasteiger partial charge is 0.158 e. The number of hydrogen-bond acceptors (Lipinski definition) is 5. The number of halogens is 1. The van der Waals surface area contributed by atoms with Gasteiger partial charge >= 0.3 is 0 Å². The molecule has 1 saturated carbocycles. The fourth-order valence-corrected chi connectivity index (χ4v) is 5.17. The van der Waals surface area contributed by atoms with E-state index in [2.05, 4.69) is 9.97 Å². The molecule has 3 aromatic rings. The van der Waals surface area contributed by atoms with Crippen LogP contribution in [0.2, 0.25) is 5.02 Å². The number of pyridine rings is 2. The molecule has 2 heterocycles. The highest BCUT2D eigenvalue weighted by molar-refractivity contribution is 7.91. The number of carbonyl (C=O) groups is 1. The second-order valence-corrected chi connectivity index (χ2v) is 10.3. The molecule has 0 unspecified atom stereocenters. The van der Waals surface area contributed by atoms with E-state index in [1.165, 1.54) is 0 Å². The van der Waals surface area contributed by atoms with E-state index in [-0.39, 0.29) is 23.2 Å². The first kappa shape index (κ1) is 20.7. The van der Waals surface area contributed by atoms with E-state index in [4.69, 9.17) is 11.6 Å². The van der Waals surface area contributed by atoms with Gasteiger partial charge in [0.05, 0.1) is 21.7 Å². The van der Waals surface area contributed by atoms with Crippen molar-refractivity contribution in [1.82, 2.24) is 9.97 Å². The third-order valence-corrected chi connectivity index (χ3v) is 7.41. The van der Waals surface area contributed by atoms with Crippen LogP contribution >= 0.6 is 11.6 Å². The van der Waals surface area contributed by atoms with Gasteiger partial charge < -0.3 is 0 Å². The van der Waals surface area contributed by atoms with Crippen LogP contribution in [0.25, 0.3) is 11.1 Å². The summed E-state index contributed by atoms with van der Waals surface area (Å²) in [6.07, 6.45) is 5.29. The summed E-state index contributed by atoms with van der Waals surface area (Å²) in [6, 6.07) is 14.8. The summed E-state index contributed by atoms with van der Waals surface area (Å²) in [5, 5.41) is 0.363. The Hall–Kier alpha value is -2.57. The fourth-order valence-electron chi connectivity index (χ4n) is 3.34. The molecule has 1 aliphatic carbocycles. The molecule has 0 amide bonds. The monoisotopic (exact) mass is 440 g/mol. The van der Waals surface area contributed by atoms with Crippen LogP contribution in [-0.4, -0.2) is 29.4 Å². The largest absolute Gasteiger partial charge is 0.299 e. The lowest BCUT2D eigenvalue weighted by Gasteiger charge is -2.06. The highest BCUT2D eigenvalue weighted by atomic mass is 35.5. The Bertz CT molecular complexity index is 1170. The van der Waals surface area contributed by atoms with Crippen LogP contribution in [0.5, 0.6) is 0 Å². The van der Waals surface area contributed by atoms with Crippen LogP contribution in [0.15, 0.2) is 60.9 Å². The van der Waals surface area contributed by atoms with Crippen LogP contribution in [0.1, 0.15) is 29.8 Å². The van der Waals surface area contributed by atoms with E-state index in [0.29, 0.717) is 22.8 Å². The van der Waals surface area contributed by atoms with Crippen molar-refractivity contribution in [2.75, 3.05) is 0 Å². The average Bonchev–Trinajstić information content (AvgIpc) is 3.54. The number of rotatable bonds is 8. The first-order chi connectivity index (χ1) is 14.4. The van der Waals surface area contributed by atoms with E-state index in [0.717, 1.165) is 29.5 Å². The van der Waals surface area contributed by atoms with Gasteiger partial charge in [-0.1, -0.05) is 41.9 Å². The average molecular weight is 441 g/mol. The molecule has 4 rings (SSSR count). The number of nitrogens with zero attached hydrogens (tertiary/aromatic N) is 2. The Labute approximate surface area is 181 Å². The van der Waals surface area contributed by atoms with E-state index < -0.39 is 9.84 Å². The summed E-state index contributed by atoms with van der Waals surface area (Å²) >= 11 is 5.99. The third kappa shape index (κ3) is 5.32. The standard InChI is InChI=1S/C23H21ClN2O3S/c24-19-11-18(13-25-14-19)17-6-4-16(5-7-17)10-22(27)12-20-2-1-3-21(26-20)15-30(28,29)23-8-9-23/h1-7,11,13-14,23H,8-10,12,15H2. The summed E-state index contributed by atoms with van der Waals surface area (Å²) in [5.74, 6) is -0.0265. The molecule has 0 spiro atoms. The topological polar surface area (TPSA) is 77.0 Å². The maximum atomic E-state index is 12.5. The van der Waals surface area contributed by atoms with Gasteiger partial charge in [-0.15, -0.1) is 0 Å². The molecular weight excluding hydrogens is 420 g/mol. The predicted octanol–water partition coefficient (Wildman–Crippen LogP) is 4.23. The minimum Gasteiger partial charge on any atom is -0.299 e. The van der Waals surface area contributed by atoms with Crippen LogP contribution in [-0.2, 0) is 33.2 Å². The Morgan fingerprint density at radius 3 is 2.40 bits per heavy atom. The zero-order chi connectivity index (χ0) is 21.1. The normalized spacial score (nSPS) is 13.9. The summed E-state index contributed by atoms with van der Waals surface area (Å²) in [4.78, 5) is 21.0. The van der Waals surface area contributed by atoms with Gasteiger partial charge in [-0.2, -0.15) is 0 Å². The van der Waals surface area contributed by atoms with Crippen LogP contribution < -0.4 is 0 Å². The third-order valence-electron chi connectivity index (χ3n) is 5.02. The number of benzene rings is 1. The Balaban J connectivity index is 1.38. The zero-order valence-electron chi connectivity index (χ0n) is 16.3. The molecule has 0 aliphatic heterocycles. The zero-order valence-corrected chi connectivity index (χ0v) is 17.9. The van der Waals surface area contributed by atoms with E-state index >= 15 is 0 Å². The molecule has 30 heavy (non-hydrogen) atoms. The quantitative estimate of drug-likeness (QED) is 0.523. The Kier molecular flexibility index (Phi) is 5.97. The van der Waals surface area contributed by atoms with Gasteiger partial charge in [0.2, 0.25) is 0 Å². The van der Waals surface area contributed by atoms with Crippen molar-refractivity contribution in [3.63, 3.8) is 0 Å². The molecule has 0 N–H and O–H groups in total. The van der Waals surface area contributed by atoms with Crippen molar-refractivity contribution in [2.45, 2.75) is 36.7 Å². The molecule has 0 radical (unpaired) electrons. The molecule has 1 aromatic carbocycles. The fraction of sp³-hybridized carbons (Fsp3) is 0.261. The van der Waals surface area contributed by atoms with Gasteiger partial charge in [0.25, 0.3) is 0 Å². The van der Waals surface area contributed by atoms with E-state index in [1.807, 2.05) is 30.3 Å². The van der Waals surface area contributed by atoms with Gasteiger partial charge in [0, 0.05) is 36.5 Å². The second-order valence-electron chi connectivity index (χ2n) is 7.61. The number of Topliss-reactive ketones (excluding diaryl/α,β-unsaturated/α-hetero) is 1. The van der Waals surface area contributed by atoms with E-state index in [1.54, 1.807) is 30.6 Å². The van der Waals surface area contributed by atoms with Crippen molar-refractivity contribution >= 4 is 27.2 Å². The summed E-state index contributed by atoms with van der Waals surface area (Å²) in [5.41, 5.74) is 3.91. The summed E-state index contributed by atoms with van der Waals surface area (Å²) in [7, 11) is -3.12. The number of sulfone groups is 1. The molecule has 5 nitrogen and oxygen atoms in total. The van der Waals surface area contributed by atoms with Crippen LogP contribution in [0.3, 0.4) is 0 Å². The highest BCUT2D eigenvalue weighted by Crippen LogP contribution is 2.30. The van der Waals surface area contributed by atoms with Crippen molar-refractivity contribution in [3.8, 4) is 11.1 Å². The highest BCUT2D eigenvalue weighted by Gasteiger charge is 2.35. The predicted molar refractivity (Wildman–Crippen MR) is 117 cm³/mol. The maximum Gasteiger partial charge on any atom is 0.158 e. The minimum atomic E-state index is -3.12. The number of ketones is 1. The summed E-state index contributed by atoms with van der Waals surface area (Å²) in [6.45, 7) is 0. The molecule has 0 bridgehead atoms. The summed E-state index contributed by atoms with van der Waals surface area (Å²) < 4.78 is 24.3. The second kappa shape index (κ2) is 8.66. The minimum absolute atomic E-state index is 0.0295. The molecule has 7 heteroatoms. The van der Waals surface area contributed by atoms with Crippen LogP contribution in [0.4, 0.5) is 0 Å². The van der Waals surface area contributed by atoms with Crippen molar-refractivity contribution in [1.29, 1.82) is 0 Å². The lowest BCUT2D eigenvalue weighted by molar-refractivity contribution is -0.117. The lowest BCUT2D eigenvalue weighted by Crippen LogP contribution is -2.13. The molecular formula is C23H21ClN2O3S. The van der Waals surface area contributed by atoms with Crippen molar-refractivity contribution in [2.24, 2.45) is 0 Å². The molecule has 0 atom stereocenters. The lowest BCUT2D eigenvalue weighted by atomic mass is 10.0. The SMILES string of the molecule is O=C(Cc1ccc(-c2cncc(Cl)c2)cc1)Cc1cccc(CS(=O)(=O)C2CC2)n1. The number of carbonyl (C=O) groups excluding carboxylic acids is 1. The first-order valence-corrected chi connectivity index (χ1v) is 11.9. The molecule has 1 fully saturated rings. The maximum absolute atomic E-state index is 12.5. The van der Waals surface area contributed by atoms with E-state index in [9.17, 15) is 13.2 Å². The van der Waals surface area contributed by atoms with Crippen molar-refractivity contribution in [3.05, 3.63) is 82.9 Å². The van der Waals surface area contributed by atoms with Gasteiger partial charge in [0.1, 0.15) is 5.78 Å². The van der Waals surface area contributed by atoms with Crippen molar-refractivity contribution < 1.29 is 13.2 Å². The van der Waals surface area contributed by atoms with Gasteiger partial charge in [0.15, 0.2) is 9.84 Å². The number of hydrogen-bond donors (Lipinski definition) is 0. The van der Waals surface area contributed by atoms with Gasteiger partial charge in [-0.3, -0.25) is 14.8 Å². The van der Waals surface area contributed by atoms with Gasteiger partial charge in [-0.25, -0.2) is 8.42 Å². The Morgan fingerprint density at radius 2 is 1.70 bits per heavy atom. The molecule has 1 aliphatic rings. The number of aromatic nitrogens is 2. The van der Waals surface area contributed by atoms with Crippen LogP contribution in [0, 0.1) is 0 Å². The first-order valence-electron chi connectivity index (χ1n) is 9.77.